The summed E-state index contributed by atoms with van der Waals surface area (Å²) in [5.41, 5.74) is 5.89. The molecule has 102 valence electrons. The van der Waals surface area contributed by atoms with E-state index < -0.39 is 5.97 Å². The molecule has 0 saturated carbocycles. The molecular weight excluding hydrogens is 234 g/mol. The van der Waals surface area contributed by atoms with Crippen LogP contribution < -0.4 is 5.73 Å². The molecule has 0 fully saturated rings. The van der Waals surface area contributed by atoms with Gasteiger partial charge in [0.2, 0.25) is 0 Å². The van der Waals surface area contributed by atoms with Crippen molar-refractivity contribution in [2.75, 3.05) is 19.8 Å². The van der Waals surface area contributed by atoms with Gasteiger partial charge >= 0.3 is 11.9 Å². The normalized spacial score (nSPS) is 10.9. The van der Waals surface area contributed by atoms with E-state index in [1.54, 1.807) is 13.0 Å². The van der Waals surface area contributed by atoms with Crippen LogP contribution in [0.15, 0.2) is 24.3 Å². The van der Waals surface area contributed by atoms with E-state index >= 15 is 0 Å². The second kappa shape index (κ2) is 10.5. The van der Waals surface area contributed by atoms with E-state index in [2.05, 4.69) is 6.58 Å². The van der Waals surface area contributed by atoms with Gasteiger partial charge < -0.3 is 15.2 Å². The fourth-order valence-corrected chi connectivity index (χ4v) is 1.10. The molecule has 0 radical (unpaired) electrons. The zero-order valence-corrected chi connectivity index (χ0v) is 10.8. The molecule has 0 aromatic carbocycles. The summed E-state index contributed by atoms with van der Waals surface area (Å²) >= 11 is 0. The monoisotopic (exact) mass is 255 g/mol. The van der Waals surface area contributed by atoms with E-state index in [1.165, 1.54) is 0 Å². The number of nitrogens with two attached hydrogens (primary N) is 1. The number of carbonyl (C=O) groups is 2. The molecule has 5 nitrogen and oxygen atoms in total. The molecular formula is C13H21NO4. The lowest BCUT2D eigenvalue weighted by atomic mass is 10.2. The molecule has 0 heterocycles. The first-order valence-corrected chi connectivity index (χ1v) is 5.95. The predicted molar refractivity (Wildman–Crippen MR) is 68.8 cm³/mol. The molecule has 0 spiro atoms. The van der Waals surface area contributed by atoms with Crippen molar-refractivity contribution >= 4 is 11.9 Å². The summed E-state index contributed by atoms with van der Waals surface area (Å²) in [4.78, 5) is 22.1. The smallest absolute Gasteiger partial charge is 0.333 e. The lowest BCUT2D eigenvalue weighted by molar-refractivity contribution is -0.140. The van der Waals surface area contributed by atoms with Crippen molar-refractivity contribution < 1.29 is 19.1 Å². The van der Waals surface area contributed by atoms with Crippen molar-refractivity contribution in [3.8, 4) is 0 Å². The SMILES string of the molecule is C=CC(=O)OCCCCOC(=O)C(C)=CCCN. The molecule has 0 aromatic rings. The summed E-state index contributed by atoms with van der Waals surface area (Å²) < 4.78 is 9.80. The van der Waals surface area contributed by atoms with Crippen molar-refractivity contribution in [2.45, 2.75) is 26.2 Å². The van der Waals surface area contributed by atoms with Gasteiger partial charge in [0.05, 0.1) is 13.2 Å². The first-order valence-electron chi connectivity index (χ1n) is 5.95. The molecule has 0 saturated heterocycles. The van der Waals surface area contributed by atoms with Gasteiger partial charge in [0, 0.05) is 11.6 Å². The number of hydrogen-bond donors (Lipinski definition) is 1. The summed E-state index contributed by atoms with van der Waals surface area (Å²) in [6.45, 7) is 6.12. The van der Waals surface area contributed by atoms with Gasteiger partial charge in [-0.15, -0.1) is 0 Å². The van der Waals surface area contributed by atoms with Gasteiger partial charge in [-0.2, -0.15) is 0 Å². The number of rotatable bonds is 9. The Morgan fingerprint density at radius 1 is 1.22 bits per heavy atom. The second-order valence-corrected chi connectivity index (χ2v) is 3.68. The fourth-order valence-electron chi connectivity index (χ4n) is 1.10. The van der Waals surface area contributed by atoms with Crippen molar-refractivity contribution in [1.82, 2.24) is 0 Å². The number of esters is 2. The lowest BCUT2D eigenvalue weighted by Gasteiger charge is -2.05. The van der Waals surface area contributed by atoms with Gasteiger partial charge in [-0.25, -0.2) is 9.59 Å². The minimum absolute atomic E-state index is 0.310. The highest BCUT2D eigenvalue weighted by Gasteiger charge is 2.04. The average molecular weight is 255 g/mol. The van der Waals surface area contributed by atoms with E-state index in [-0.39, 0.29) is 5.97 Å². The van der Waals surface area contributed by atoms with Crippen LogP contribution in [0.3, 0.4) is 0 Å². The summed E-state index contributed by atoms with van der Waals surface area (Å²) in [6, 6.07) is 0. The van der Waals surface area contributed by atoms with Crippen LogP contribution in [-0.4, -0.2) is 31.7 Å². The van der Waals surface area contributed by atoms with Crippen molar-refractivity contribution in [2.24, 2.45) is 5.73 Å². The van der Waals surface area contributed by atoms with Crippen LogP contribution in [0.1, 0.15) is 26.2 Å². The van der Waals surface area contributed by atoms with E-state index in [1.807, 2.05) is 0 Å². The Labute approximate surface area is 108 Å². The third kappa shape index (κ3) is 8.52. The Kier molecular flexibility index (Phi) is 9.58. The van der Waals surface area contributed by atoms with Gasteiger partial charge in [0.25, 0.3) is 0 Å². The lowest BCUT2D eigenvalue weighted by Crippen LogP contribution is -2.09. The molecule has 0 aliphatic rings. The van der Waals surface area contributed by atoms with Crippen molar-refractivity contribution in [1.29, 1.82) is 0 Å². The topological polar surface area (TPSA) is 78.6 Å². The third-order valence-electron chi connectivity index (χ3n) is 2.12. The fraction of sp³-hybridized carbons (Fsp3) is 0.538. The molecule has 2 N–H and O–H groups in total. The number of hydrogen-bond acceptors (Lipinski definition) is 5. The van der Waals surface area contributed by atoms with Crippen LogP contribution in [0, 0.1) is 0 Å². The molecule has 0 bridgehead atoms. The first kappa shape index (κ1) is 16.4. The van der Waals surface area contributed by atoms with E-state index in [4.69, 9.17) is 15.2 Å². The van der Waals surface area contributed by atoms with Crippen LogP contribution in [0.25, 0.3) is 0 Å². The predicted octanol–water partition coefficient (Wildman–Crippen LogP) is 1.33. The van der Waals surface area contributed by atoms with Crippen molar-refractivity contribution in [3.63, 3.8) is 0 Å². The van der Waals surface area contributed by atoms with Crippen LogP contribution in [0.4, 0.5) is 0 Å². The zero-order chi connectivity index (χ0) is 13.8. The highest BCUT2D eigenvalue weighted by Crippen LogP contribution is 2.00. The van der Waals surface area contributed by atoms with Crippen LogP contribution in [0.2, 0.25) is 0 Å². The Hall–Kier alpha value is -1.62. The first-order chi connectivity index (χ1) is 8.61. The van der Waals surface area contributed by atoms with E-state index in [0.29, 0.717) is 44.6 Å². The van der Waals surface area contributed by atoms with Gasteiger partial charge in [0.1, 0.15) is 0 Å². The average Bonchev–Trinajstić information content (AvgIpc) is 2.39. The van der Waals surface area contributed by atoms with Gasteiger partial charge in [0.15, 0.2) is 0 Å². The zero-order valence-electron chi connectivity index (χ0n) is 10.8. The Morgan fingerprint density at radius 3 is 2.39 bits per heavy atom. The Bertz CT molecular complexity index is 310. The number of carbonyl (C=O) groups excluding carboxylic acids is 2. The molecule has 0 amide bonds. The summed E-state index contributed by atoms with van der Waals surface area (Å²) in [5.74, 6) is -0.765. The highest BCUT2D eigenvalue weighted by molar-refractivity contribution is 5.87. The second-order valence-electron chi connectivity index (χ2n) is 3.68. The molecule has 0 aliphatic carbocycles. The van der Waals surface area contributed by atoms with Crippen LogP contribution in [-0.2, 0) is 19.1 Å². The number of unbranched alkanes of at least 4 members (excludes halogenated alkanes) is 1. The van der Waals surface area contributed by atoms with Crippen LogP contribution in [0.5, 0.6) is 0 Å². The molecule has 18 heavy (non-hydrogen) atoms. The molecule has 0 atom stereocenters. The van der Waals surface area contributed by atoms with Crippen molar-refractivity contribution in [3.05, 3.63) is 24.3 Å². The molecule has 0 aliphatic heterocycles. The van der Waals surface area contributed by atoms with Gasteiger partial charge in [-0.05, 0) is 32.7 Å². The highest BCUT2D eigenvalue weighted by atomic mass is 16.5. The summed E-state index contributed by atoms with van der Waals surface area (Å²) in [6.07, 6.45) is 4.84. The molecule has 0 unspecified atom stereocenters. The van der Waals surface area contributed by atoms with Crippen LogP contribution >= 0.6 is 0 Å². The molecule has 0 aromatic heterocycles. The minimum Gasteiger partial charge on any atom is -0.463 e. The minimum atomic E-state index is -0.437. The maximum atomic E-state index is 11.4. The van der Waals surface area contributed by atoms with E-state index in [9.17, 15) is 9.59 Å². The van der Waals surface area contributed by atoms with Gasteiger partial charge in [-0.1, -0.05) is 12.7 Å². The quantitative estimate of drug-likeness (QED) is 0.382. The number of ether oxygens (including phenoxy) is 2. The Balaban J connectivity index is 3.57. The third-order valence-corrected chi connectivity index (χ3v) is 2.12. The maximum Gasteiger partial charge on any atom is 0.333 e. The molecule has 5 heteroatoms. The maximum absolute atomic E-state index is 11.4. The van der Waals surface area contributed by atoms with E-state index in [0.717, 1.165) is 6.08 Å². The summed E-state index contributed by atoms with van der Waals surface area (Å²) in [5, 5.41) is 0. The largest absolute Gasteiger partial charge is 0.463 e. The van der Waals surface area contributed by atoms with Gasteiger partial charge in [-0.3, -0.25) is 0 Å². The Morgan fingerprint density at radius 2 is 1.83 bits per heavy atom. The summed E-state index contributed by atoms with van der Waals surface area (Å²) in [7, 11) is 0. The molecule has 0 rings (SSSR count). The standard InChI is InChI=1S/C13H21NO4/c1-3-12(15)17-9-4-5-10-18-13(16)11(2)7-6-8-14/h3,7H,1,4-6,8-10,14H2,2H3.